The molecule has 6 nitrogen and oxygen atoms in total. The minimum absolute atomic E-state index is 0.0274. The lowest BCUT2D eigenvalue weighted by atomic mass is 10.2. The van der Waals surface area contributed by atoms with Crippen molar-refractivity contribution in [3.63, 3.8) is 0 Å². The van der Waals surface area contributed by atoms with Gasteiger partial charge in [-0.25, -0.2) is 12.8 Å². The van der Waals surface area contributed by atoms with E-state index in [9.17, 15) is 17.6 Å². The Bertz CT molecular complexity index is 882. The van der Waals surface area contributed by atoms with Gasteiger partial charge in [-0.1, -0.05) is 23.4 Å². The summed E-state index contributed by atoms with van der Waals surface area (Å²) in [5.41, 5.74) is 0.373. The van der Waals surface area contributed by atoms with Crippen molar-refractivity contribution < 1.29 is 17.6 Å². The first-order chi connectivity index (χ1) is 11.3. The van der Waals surface area contributed by atoms with Crippen LogP contribution in [0, 0.1) is 17.1 Å². The molecule has 1 amide bonds. The summed E-state index contributed by atoms with van der Waals surface area (Å²) < 4.78 is 37.6. The number of hydrogen-bond donors (Lipinski definition) is 0. The summed E-state index contributed by atoms with van der Waals surface area (Å²) in [6.07, 6.45) is -0.374. The molecule has 0 spiro atoms. The molecule has 1 aromatic carbocycles. The monoisotopic (exact) mass is 387 g/mol. The number of anilines is 1. The fraction of sp³-hybridized carbons (Fsp3) is 0.357. The Hall–Kier alpha value is -1.63. The van der Waals surface area contributed by atoms with Gasteiger partial charge in [0.2, 0.25) is 0 Å². The minimum atomic E-state index is -3.20. The molecular weight excluding hydrogens is 377 g/mol. The molecule has 10 heteroatoms. The van der Waals surface area contributed by atoms with Crippen LogP contribution in [0.3, 0.4) is 0 Å². The number of thioether (sulfide) groups is 1. The SMILES string of the molecule is N#CCC(=O)N=C1SC2CS(=O)(=O)CC2N1c1ccc(Cl)c(F)c1. The van der Waals surface area contributed by atoms with E-state index in [1.54, 1.807) is 17.0 Å². The van der Waals surface area contributed by atoms with E-state index in [0.29, 0.717) is 5.69 Å². The quantitative estimate of drug-likeness (QED) is 0.770. The smallest absolute Gasteiger partial charge is 0.262 e. The number of nitriles is 1. The van der Waals surface area contributed by atoms with Gasteiger partial charge >= 0.3 is 0 Å². The lowest BCUT2D eigenvalue weighted by Crippen LogP contribution is -2.37. The highest BCUT2D eigenvalue weighted by Gasteiger charge is 2.49. The highest BCUT2D eigenvalue weighted by Crippen LogP contribution is 2.41. The van der Waals surface area contributed by atoms with Crippen LogP contribution < -0.4 is 4.90 Å². The molecule has 0 radical (unpaired) electrons. The molecule has 2 saturated heterocycles. The highest BCUT2D eigenvalue weighted by molar-refractivity contribution is 8.16. The maximum atomic E-state index is 13.8. The Morgan fingerprint density at radius 1 is 1.50 bits per heavy atom. The molecule has 2 fully saturated rings. The standard InChI is InChI=1S/C14H11ClFN3O3S2/c15-9-2-1-8(5-10(9)16)19-11-6-24(21,22)7-12(11)23-14(19)18-13(20)3-4-17/h1-2,5,11-12H,3,6-7H2. The van der Waals surface area contributed by atoms with Crippen molar-refractivity contribution in [1.82, 2.24) is 0 Å². The van der Waals surface area contributed by atoms with E-state index >= 15 is 0 Å². The predicted octanol–water partition coefficient (Wildman–Crippen LogP) is 1.99. The van der Waals surface area contributed by atoms with Crippen molar-refractivity contribution in [2.75, 3.05) is 16.4 Å². The summed E-state index contributed by atoms with van der Waals surface area (Å²) in [5.74, 6) is -1.39. The molecule has 2 aliphatic rings. The van der Waals surface area contributed by atoms with Crippen LogP contribution in [0.25, 0.3) is 0 Å². The Labute approximate surface area is 147 Å². The van der Waals surface area contributed by atoms with E-state index in [1.807, 2.05) is 0 Å². The highest BCUT2D eigenvalue weighted by atomic mass is 35.5. The second kappa shape index (κ2) is 6.35. The van der Waals surface area contributed by atoms with Gasteiger partial charge in [0.25, 0.3) is 5.91 Å². The molecule has 0 bridgehead atoms. The number of rotatable bonds is 2. The number of benzene rings is 1. The van der Waals surface area contributed by atoms with Gasteiger partial charge < -0.3 is 4.90 Å². The van der Waals surface area contributed by atoms with Crippen molar-refractivity contribution in [3.05, 3.63) is 29.0 Å². The molecule has 126 valence electrons. The van der Waals surface area contributed by atoms with E-state index in [4.69, 9.17) is 16.9 Å². The first kappa shape index (κ1) is 17.2. The lowest BCUT2D eigenvalue weighted by Gasteiger charge is -2.24. The number of aliphatic imine (C=N–C) groups is 1. The van der Waals surface area contributed by atoms with Gasteiger partial charge in [-0.2, -0.15) is 10.3 Å². The number of fused-ring (bicyclic) bond motifs is 1. The van der Waals surface area contributed by atoms with Gasteiger partial charge in [-0.15, -0.1) is 0 Å². The van der Waals surface area contributed by atoms with Crippen molar-refractivity contribution in [2.24, 2.45) is 4.99 Å². The Kier molecular flexibility index (Phi) is 4.55. The van der Waals surface area contributed by atoms with E-state index in [-0.39, 0.29) is 33.4 Å². The van der Waals surface area contributed by atoms with E-state index in [1.165, 1.54) is 12.1 Å². The molecule has 0 saturated carbocycles. The Morgan fingerprint density at radius 2 is 2.25 bits per heavy atom. The molecule has 0 aromatic heterocycles. The van der Waals surface area contributed by atoms with Crippen molar-refractivity contribution in [3.8, 4) is 6.07 Å². The topological polar surface area (TPSA) is 90.6 Å². The average molecular weight is 388 g/mol. The number of halogens is 2. The maximum absolute atomic E-state index is 13.8. The second-order valence-corrected chi connectivity index (χ2v) is 9.16. The van der Waals surface area contributed by atoms with Crippen molar-refractivity contribution >= 4 is 50.0 Å². The molecule has 24 heavy (non-hydrogen) atoms. The molecule has 2 unspecified atom stereocenters. The normalized spacial score (nSPS) is 26.4. The number of carbonyl (C=O) groups excluding carboxylic acids is 1. The molecule has 1 aromatic rings. The van der Waals surface area contributed by atoms with Crippen LogP contribution in [0.15, 0.2) is 23.2 Å². The first-order valence-electron chi connectivity index (χ1n) is 6.90. The molecule has 0 N–H and O–H groups in total. The van der Waals surface area contributed by atoms with Gasteiger partial charge in [0.1, 0.15) is 12.2 Å². The van der Waals surface area contributed by atoms with Gasteiger partial charge in [-0.3, -0.25) is 4.79 Å². The van der Waals surface area contributed by atoms with Crippen LogP contribution in [-0.4, -0.2) is 42.3 Å². The summed E-state index contributed by atoms with van der Waals surface area (Å²) in [6.45, 7) is 0. The summed E-state index contributed by atoms with van der Waals surface area (Å²) >= 11 is 6.85. The molecule has 3 rings (SSSR count). The zero-order chi connectivity index (χ0) is 17.5. The third kappa shape index (κ3) is 3.27. The van der Waals surface area contributed by atoms with Crippen LogP contribution in [0.2, 0.25) is 5.02 Å². The van der Waals surface area contributed by atoms with Crippen LogP contribution in [0.1, 0.15) is 6.42 Å². The van der Waals surface area contributed by atoms with Crippen LogP contribution in [-0.2, 0) is 14.6 Å². The zero-order valence-corrected chi connectivity index (χ0v) is 14.5. The van der Waals surface area contributed by atoms with Crippen LogP contribution >= 0.6 is 23.4 Å². The number of sulfone groups is 1. The molecule has 2 aliphatic heterocycles. The van der Waals surface area contributed by atoms with E-state index in [0.717, 1.165) is 11.8 Å². The summed E-state index contributed by atoms with van der Waals surface area (Å²) in [7, 11) is -3.20. The average Bonchev–Trinajstić information content (AvgIpc) is 2.93. The van der Waals surface area contributed by atoms with Crippen molar-refractivity contribution in [1.29, 1.82) is 5.26 Å². The summed E-state index contributed by atoms with van der Waals surface area (Å²) in [6, 6.07) is 5.37. The Balaban J connectivity index is 2.03. The number of hydrogen-bond acceptors (Lipinski definition) is 5. The molecule has 0 aliphatic carbocycles. The third-order valence-corrected chi connectivity index (χ3v) is 7.21. The van der Waals surface area contributed by atoms with Gasteiger partial charge in [0.05, 0.1) is 28.6 Å². The predicted molar refractivity (Wildman–Crippen MR) is 90.4 cm³/mol. The Morgan fingerprint density at radius 3 is 2.92 bits per heavy atom. The molecule has 2 heterocycles. The molecule has 2 atom stereocenters. The zero-order valence-electron chi connectivity index (χ0n) is 12.1. The van der Waals surface area contributed by atoms with Gasteiger partial charge in [0, 0.05) is 10.9 Å². The van der Waals surface area contributed by atoms with Crippen LogP contribution in [0.5, 0.6) is 0 Å². The number of carbonyl (C=O) groups is 1. The minimum Gasteiger partial charge on any atom is -0.315 e. The van der Waals surface area contributed by atoms with Crippen molar-refractivity contribution in [2.45, 2.75) is 17.7 Å². The van der Waals surface area contributed by atoms with Crippen LogP contribution in [0.4, 0.5) is 10.1 Å². The first-order valence-corrected chi connectivity index (χ1v) is 9.98. The maximum Gasteiger partial charge on any atom is 0.262 e. The van der Waals surface area contributed by atoms with Gasteiger partial charge in [0.15, 0.2) is 15.0 Å². The second-order valence-electron chi connectivity index (χ2n) is 5.39. The largest absolute Gasteiger partial charge is 0.315 e. The number of amidine groups is 1. The lowest BCUT2D eigenvalue weighted by molar-refractivity contribution is -0.116. The van der Waals surface area contributed by atoms with E-state index in [2.05, 4.69) is 4.99 Å². The van der Waals surface area contributed by atoms with Gasteiger partial charge in [-0.05, 0) is 18.2 Å². The number of amides is 1. The summed E-state index contributed by atoms with van der Waals surface area (Å²) in [4.78, 5) is 17.1. The molecular formula is C14H11ClFN3O3S2. The number of nitrogens with zero attached hydrogens (tertiary/aromatic N) is 3. The van der Waals surface area contributed by atoms with E-state index < -0.39 is 27.6 Å². The fourth-order valence-electron chi connectivity index (χ4n) is 2.72. The summed E-state index contributed by atoms with van der Waals surface area (Å²) in [5, 5.41) is 8.52. The third-order valence-electron chi connectivity index (χ3n) is 3.70. The fourth-order valence-corrected chi connectivity index (χ4v) is 6.76.